The van der Waals surface area contributed by atoms with E-state index in [1.807, 2.05) is 26.1 Å². The van der Waals surface area contributed by atoms with E-state index in [0.717, 1.165) is 6.42 Å². The highest BCUT2D eigenvalue weighted by Gasteiger charge is 1.77. The molecule has 1 heteroatoms. The molecule has 0 heterocycles. The lowest BCUT2D eigenvalue weighted by Gasteiger charge is -1.86. The zero-order valence-corrected chi connectivity index (χ0v) is 5.81. The van der Waals surface area contributed by atoms with Crippen LogP contribution in [-0.4, -0.2) is 5.71 Å². The van der Waals surface area contributed by atoms with Gasteiger partial charge in [0.2, 0.25) is 0 Å². The summed E-state index contributed by atoms with van der Waals surface area (Å²) in [5, 5.41) is 0. The molecule has 0 aromatic rings. The second-order valence-electron chi connectivity index (χ2n) is 1.70. The van der Waals surface area contributed by atoms with Crippen LogP contribution in [-0.2, 0) is 0 Å². The van der Waals surface area contributed by atoms with Gasteiger partial charge in [0.05, 0.1) is 0 Å². The minimum absolute atomic E-state index is 1.05. The summed E-state index contributed by atoms with van der Waals surface area (Å²) in [6.07, 6.45) is 4.79. The van der Waals surface area contributed by atoms with Gasteiger partial charge in [-0.3, -0.25) is 4.99 Å². The molecule has 0 aromatic heterocycles. The molecule has 0 aliphatic carbocycles. The van der Waals surface area contributed by atoms with Crippen LogP contribution < -0.4 is 0 Å². The maximum Gasteiger partial charge on any atom is 0.0224 e. The first-order valence-electron chi connectivity index (χ1n) is 2.95. The van der Waals surface area contributed by atoms with Gasteiger partial charge in [-0.05, 0) is 20.3 Å². The minimum Gasteiger partial charge on any atom is -0.266 e. The average molecular weight is 111 g/mol. The zero-order chi connectivity index (χ0) is 6.41. The smallest absolute Gasteiger partial charge is 0.0224 e. The molecule has 0 spiro atoms. The molecular weight excluding hydrogens is 98.1 g/mol. The monoisotopic (exact) mass is 111 g/mol. The molecule has 0 N–H and O–H groups in total. The van der Waals surface area contributed by atoms with Gasteiger partial charge in [0, 0.05) is 11.9 Å². The maximum absolute atomic E-state index is 4.10. The molecule has 0 rings (SSSR count). The molecule has 0 bridgehead atoms. The van der Waals surface area contributed by atoms with Gasteiger partial charge in [-0.15, -0.1) is 0 Å². The quantitative estimate of drug-likeness (QED) is 0.485. The maximum atomic E-state index is 4.10. The van der Waals surface area contributed by atoms with Gasteiger partial charge < -0.3 is 0 Å². The first-order valence-corrected chi connectivity index (χ1v) is 2.95. The number of nitrogens with zero attached hydrogens (tertiary/aromatic N) is 1. The lowest BCUT2D eigenvalue weighted by molar-refractivity contribution is 1.25. The number of rotatable bonds is 2. The standard InChI is InChI=1S/C7H13N/c1-4-6-8-7(3)5-2/h4,6H,5H2,1-3H3/b6-4+,8-7-. The molecule has 0 aliphatic rings. The molecule has 0 aromatic carbocycles. The highest BCUT2D eigenvalue weighted by molar-refractivity contribution is 5.82. The first kappa shape index (κ1) is 7.41. The van der Waals surface area contributed by atoms with Gasteiger partial charge >= 0.3 is 0 Å². The van der Waals surface area contributed by atoms with Crippen molar-refractivity contribution in [2.24, 2.45) is 4.99 Å². The van der Waals surface area contributed by atoms with Crippen LogP contribution in [0.5, 0.6) is 0 Å². The van der Waals surface area contributed by atoms with Crippen LogP contribution in [0.3, 0.4) is 0 Å². The van der Waals surface area contributed by atoms with Crippen LogP contribution in [0.4, 0.5) is 0 Å². The topological polar surface area (TPSA) is 12.4 Å². The van der Waals surface area contributed by atoms with Crippen molar-refractivity contribution in [2.45, 2.75) is 27.2 Å². The largest absolute Gasteiger partial charge is 0.266 e. The van der Waals surface area contributed by atoms with E-state index in [0.29, 0.717) is 0 Å². The third-order valence-electron chi connectivity index (χ3n) is 0.956. The van der Waals surface area contributed by atoms with Gasteiger partial charge in [-0.2, -0.15) is 0 Å². The van der Waals surface area contributed by atoms with E-state index in [9.17, 15) is 0 Å². The lowest BCUT2D eigenvalue weighted by Crippen LogP contribution is -1.83. The molecule has 0 saturated heterocycles. The second-order valence-corrected chi connectivity index (χ2v) is 1.70. The molecule has 8 heavy (non-hydrogen) atoms. The van der Waals surface area contributed by atoms with Crippen molar-refractivity contribution in [3.8, 4) is 0 Å². The van der Waals surface area contributed by atoms with Crippen molar-refractivity contribution in [1.29, 1.82) is 0 Å². The van der Waals surface area contributed by atoms with Crippen LogP contribution in [0, 0.1) is 0 Å². The summed E-state index contributed by atoms with van der Waals surface area (Å²) >= 11 is 0. The summed E-state index contributed by atoms with van der Waals surface area (Å²) in [5.41, 5.74) is 1.18. The van der Waals surface area contributed by atoms with Crippen LogP contribution in [0.15, 0.2) is 17.3 Å². The Labute approximate surface area is 51.1 Å². The zero-order valence-electron chi connectivity index (χ0n) is 5.81. The number of aliphatic imine (C=N–C) groups is 1. The van der Waals surface area contributed by atoms with E-state index in [-0.39, 0.29) is 0 Å². The Morgan fingerprint density at radius 1 is 1.62 bits per heavy atom. The van der Waals surface area contributed by atoms with Crippen molar-refractivity contribution >= 4 is 5.71 Å². The van der Waals surface area contributed by atoms with Gasteiger partial charge in [-0.1, -0.05) is 13.0 Å². The Hall–Kier alpha value is -0.590. The third kappa shape index (κ3) is 3.59. The summed E-state index contributed by atoms with van der Waals surface area (Å²) in [7, 11) is 0. The molecule has 0 unspecified atom stereocenters. The molecule has 1 nitrogen and oxygen atoms in total. The Morgan fingerprint density at radius 2 is 2.25 bits per heavy atom. The minimum atomic E-state index is 1.05. The molecule has 0 aliphatic heterocycles. The SMILES string of the molecule is C/C=C/N=C(/C)CC. The fraction of sp³-hybridized carbons (Fsp3) is 0.571. The number of hydrogen-bond acceptors (Lipinski definition) is 1. The highest BCUT2D eigenvalue weighted by Crippen LogP contribution is 1.84. The van der Waals surface area contributed by atoms with Crippen molar-refractivity contribution in [2.75, 3.05) is 0 Å². The Morgan fingerprint density at radius 3 is 2.62 bits per heavy atom. The van der Waals surface area contributed by atoms with E-state index in [1.165, 1.54) is 5.71 Å². The Balaban J connectivity index is 3.57. The fourth-order valence-electron chi connectivity index (χ4n) is 0.293. The third-order valence-corrected chi connectivity index (χ3v) is 0.956. The van der Waals surface area contributed by atoms with E-state index in [2.05, 4.69) is 11.9 Å². The Bertz CT molecular complexity index is 101. The number of hydrogen-bond donors (Lipinski definition) is 0. The van der Waals surface area contributed by atoms with Crippen molar-refractivity contribution < 1.29 is 0 Å². The normalized spacial score (nSPS) is 13.1. The molecule has 0 fully saturated rings. The van der Waals surface area contributed by atoms with Crippen LogP contribution >= 0.6 is 0 Å². The molecule has 0 saturated carbocycles. The van der Waals surface area contributed by atoms with E-state index >= 15 is 0 Å². The first-order chi connectivity index (χ1) is 3.81. The predicted molar refractivity (Wildman–Crippen MR) is 38.2 cm³/mol. The summed E-state index contributed by atoms with van der Waals surface area (Å²) in [6, 6.07) is 0. The van der Waals surface area contributed by atoms with Gasteiger partial charge in [0.15, 0.2) is 0 Å². The summed E-state index contributed by atoms with van der Waals surface area (Å²) in [4.78, 5) is 4.10. The van der Waals surface area contributed by atoms with E-state index in [4.69, 9.17) is 0 Å². The van der Waals surface area contributed by atoms with Gasteiger partial charge in [0.1, 0.15) is 0 Å². The Kier molecular flexibility index (Phi) is 4.23. The summed E-state index contributed by atoms with van der Waals surface area (Å²) in [5.74, 6) is 0. The molecule has 0 radical (unpaired) electrons. The summed E-state index contributed by atoms with van der Waals surface area (Å²) in [6.45, 7) is 6.09. The summed E-state index contributed by atoms with van der Waals surface area (Å²) < 4.78 is 0. The van der Waals surface area contributed by atoms with Gasteiger partial charge in [-0.25, -0.2) is 0 Å². The second kappa shape index (κ2) is 4.57. The van der Waals surface area contributed by atoms with Crippen LogP contribution in [0.2, 0.25) is 0 Å². The fourth-order valence-corrected chi connectivity index (χ4v) is 0.293. The van der Waals surface area contributed by atoms with E-state index < -0.39 is 0 Å². The number of allylic oxidation sites excluding steroid dienone is 1. The molecule has 0 amide bonds. The van der Waals surface area contributed by atoms with Crippen molar-refractivity contribution in [1.82, 2.24) is 0 Å². The molecular formula is C7H13N. The lowest BCUT2D eigenvalue weighted by atomic mass is 10.3. The molecule has 46 valence electrons. The molecule has 0 atom stereocenters. The predicted octanol–water partition coefficient (Wildman–Crippen LogP) is 2.39. The average Bonchev–Trinajstić information content (AvgIpc) is 1.83. The van der Waals surface area contributed by atoms with Crippen LogP contribution in [0.25, 0.3) is 0 Å². The van der Waals surface area contributed by atoms with Crippen LogP contribution in [0.1, 0.15) is 27.2 Å². The highest BCUT2D eigenvalue weighted by atomic mass is 14.7. The van der Waals surface area contributed by atoms with E-state index in [1.54, 1.807) is 0 Å². The van der Waals surface area contributed by atoms with Crippen molar-refractivity contribution in [3.05, 3.63) is 12.3 Å². The van der Waals surface area contributed by atoms with Crippen molar-refractivity contribution in [3.63, 3.8) is 0 Å². The van der Waals surface area contributed by atoms with Gasteiger partial charge in [0.25, 0.3) is 0 Å².